The van der Waals surface area contributed by atoms with Crippen molar-refractivity contribution in [1.29, 1.82) is 0 Å². The zero-order valence-corrected chi connectivity index (χ0v) is 9.41. The molecule has 76 valence electrons. The van der Waals surface area contributed by atoms with E-state index >= 15 is 0 Å². The molecule has 0 saturated heterocycles. The van der Waals surface area contributed by atoms with Crippen LogP contribution in [0, 0.1) is 0 Å². The molecule has 0 fully saturated rings. The summed E-state index contributed by atoms with van der Waals surface area (Å²) in [6, 6.07) is -0.419. The second kappa shape index (κ2) is 7.08. The van der Waals surface area contributed by atoms with E-state index in [1.54, 1.807) is 24.8 Å². The summed E-state index contributed by atoms with van der Waals surface area (Å²) in [5, 5.41) is 0. The molecule has 0 radical (unpaired) electrons. The number of nitrogens with two attached hydrogens (primary N) is 1. The van der Waals surface area contributed by atoms with Gasteiger partial charge in [0.05, 0.1) is 5.75 Å². The number of ketones is 1. The van der Waals surface area contributed by atoms with Gasteiger partial charge in [-0.05, 0) is 6.92 Å². The maximum absolute atomic E-state index is 10.5. The number of carbonyl (C=O) groups is 2. The Morgan fingerprint density at radius 3 is 2.46 bits per heavy atom. The highest BCUT2D eigenvalue weighted by Crippen LogP contribution is 2.20. The number of hydrogen-bond donors (Lipinski definition) is 1. The quantitative estimate of drug-likeness (QED) is 0.537. The van der Waals surface area contributed by atoms with Crippen molar-refractivity contribution in [1.82, 2.24) is 4.90 Å². The van der Waals surface area contributed by atoms with Crippen molar-refractivity contribution in [3.63, 3.8) is 0 Å². The molecule has 13 heavy (non-hydrogen) atoms. The number of urea groups is 1. The number of primary amides is 1. The highest BCUT2D eigenvalue weighted by Gasteiger charge is 2.02. The summed E-state index contributed by atoms with van der Waals surface area (Å²) in [5.41, 5.74) is 5.02. The van der Waals surface area contributed by atoms with Gasteiger partial charge in [-0.3, -0.25) is 4.79 Å². The summed E-state index contributed by atoms with van der Waals surface area (Å²) in [6.45, 7) is 2.17. The molecule has 0 aliphatic carbocycles. The standard InChI is InChI=1S/C7H14N2O2S2/c1-6(10)5-13-12-4-3-9(2)7(8)11/h3-5H2,1-2H3,(H2,8,11). The van der Waals surface area contributed by atoms with Crippen LogP contribution in [-0.4, -0.2) is 41.8 Å². The van der Waals surface area contributed by atoms with E-state index in [9.17, 15) is 9.59 Å². The van der Waals surface area contributed by atoms with Gasteiger partial charge in [0.15, 0.2) is 0 Å². The fourth-order valence-corrected chi connectivity index (χ4v) is 2.51. The van der Waals surface area contributed by atoms with Crippen molar-refractivity contribution >= 4 is 33.4 Å². The van der Waals surface area contributed by atoms with Gasteiger partial charge in [-0.1, -0.05) is 21.6 Å². The first kappa shape index (κ1) is 12.6. The van der Waals surface area contributed by atoms with E-state index in [4.69, 9.17) is 5.73 Å². The lowest BCUT2D eigenvalue weighted by Gasteiger charge is -2.12. The van der Waals surface area contributed by atoms with Crippen LogP contribution in [0.3, 0.4) is 0 Å². The van der Waals surface area contributed by atoms with Crippen LogP contribution in [0.25, 0.3) is 0 Å². The average Bonchev–Trinajstić information content (AvgIpc) is 2.02. The van der Waals surface area contributed by atoms with Crippen molar-refractivity contribution in [2.75, 3.05) is 25.1 Å². The summed E-state index contributed by atoms with van der Waals surface area (Å²) in [4.78, 5) is 22.5. The van der Waals surface area contributed by atoms with Gasteiger partial charge in [-0.15, -0.1) is 0 Å². The maximum Gasteiger partial charge on any atom is 0.314 e. The minimum Gasteiger partial charge on any atom is -0.351 e. The lowest BCUT2D eigenvalue weighted by Crippen LogP contribution is -2.33. The van der Waals surface area contributed by atoms with Crippen molar-refractivity contribution in [3.05, 3.63) is 0 Å². The molecule has 0 spiro atoms. The molecule has 4 nitrogen and oxygen atoms in total. The molecule has 0 aromatic heterocycles. The molecular weight excluding hydrogens is 208 g/mol. The predicted octanol–water partition coefficient (Wildman–Crippen LogP) is 0.967. The van der Waals surface area contributed by atoms with Crippen LogP contribution < -0.4 is 5.73 Å². The van der Waals surface area contributed by atoms with Crippen LogP contribution in [0.15, 0.2) is 0 Å². The zero-order chi connectivity index (χ0) is 10.3. The monoisotopic (exact) mass is 222 g/mol. The van der Waals surface area contributed by atoms with Crippen molar-refractivity contribution in [2.45, 2.75) is 6.92 Å². The average molecular weight is 222 g/mol. The third-order valence-corrected chi connectivity index (χ3v) is 3.63. The Balaban J connectivity index is 3.26. The van der Waals surface area contributed by atoms with Gasteiger partial charge >= 0.3 is 6.03 Å². The van der Waals surface area contributed by atoms with E-state index in [1.165, 1.54) is 15.7 Å². The maximum atomic E-state index is 10.5. The summed E-state index contributed by atoms with van der Waals surface area (Å²) in [6.07, 6.45) is 0. The van der Waals surface area contributed by atoms with Gasteiger partial charge in [-0.25, -0.2) is 4.79 Å². The third-order valence-electron chi connectivity index (χ3n) is 1.23. The second-order valence-electron chi connectivity index (χ2n) is 2.55. The topological polar surface area (TPSA) is 63.4 Å². The van der Waals surface area contributed by atoms with Crippen LogP contribution in [0.1, 0.15) is 6.92 Å². The fourth-order valence-electron chi connectivity index (χ4n) is 0.468. The molecule has 0 atom stereocenters. The number of carbonyl (C=O) groups excluding carboxylic acids is 2. The SMILES string of the molecule is CC(=O)CSSCCN(C)C(N)=O. The molecule has 0 aromatic carbocycles. The Morgan fingerprint density at radius 2 is 2.00 bits per heavy atom. The molecule has 2 N–H and O–H groups in total. The number of amides is 2. The number of hydrogen-bond acceptors (Lipinski definition) is 4. The Labute approximate surface area is 86.0 Å². The van der Waals surface area contributed by atoms with Crippen molar-refractivity contribution < 1.29 is 9.59 Å². The first-order valence-electron chi connectivity index (χ1n) is 3.78. The molecule has 0 bridgehead atoms. The minimum atomic E-state index is -0.419. The van der Waals surface area contributed by atoms with Gasteiger partial charge in [0.2, 0.25) is 0 Å². The molecule has 6 heteroatoms. The summed E-state index contributed by atoms with van der Waals surface area (Å²) in [5.74, 6) is 1.48. The predicted molar refractivity (Wildman–Crippen MR) is 57.8 cm³/mol. The summed E-state index contributed by atoms with van der Waals surface area (Å²) >= 11 is 0. The molecule has 0 aromatic rings. The largest absolute Gasteiger partial charge is 0.351 e. The Hall–Kier alpha value is -0.360. The highest BCUT2D eigenvalue weighted by molar-refractivity contribution is 8.76. The summed E-state index contributed by atoms with van der Waals surface area (Å²) in [7, 11) is 4.73. The number of nitrogens with zero attached hydrogens (tertiary/aromatic N) is 1. The van der Waals surface area contributed by atoms with Crippen LogP contribution in [-0.2, 0) is 4.79 Å². The lowest BCUT2D eigenvalue weighted by atomic mass is 10.5. The molecule has 0 saturated carbocycles. The molecule has 0 aliphatic heterocycles. The molecule has 0 rings (SSSR count). The van der Waals surface area contributed by atoms with Gasteiger partial charge in [0.25, 0.3) is 0 Å². The van der Waals surface area contributed by atoms with E-state index in [2.05, 4.69) is 0 Å². The Bertz CT molecular complexity index is 187. The zero-order valence-electron chi connectivity index (χ0n) is 7.78. The molecule has 0 aliphatic rings. The lowest BCUT2D eigenvalue weighted by molar-refractivity contribution is -0.114. The molecule has 2 amide bonds. The van der Waals surface area contributed by atoms with Crippen LogP contribution in [0.2, 0.25) is 0 Å². The smallest absolute Gasteiger partial charge is 0.314 e. The first-order valence-corrected chi connectivity index (χ1v) is 6.27. The van der Waals surface area contributed by atoms with Gasteiger partial charge in [0, 0.05) is 19.3 Å². The van der Waals surface area contributed by atoms with Crippen LogP contribution in [0.5, 0.6) is 0 Å². The van der Waals surface area contributed by atoms with E-state index < -0.39 is 6.03 Å². The highest BCUT2D eigenvalue weighted by atomic mass is 33.1. The second-order valence-corrected chi connectivity index (χ2v) is 5.13. The van der Waals surface area contributed by atoms with E-state index in [0.29, 0.717) is 12.3 Å². The normalized spacial score (nSPS) is 9.69. The molecule has 0 heterocycles. The number of Topliss-reactive ketones (excluding diaryl/α,β-unsaturated/α-hetero) is 1. The number of rotatable bonds is 6. The van der Waals surface area contributed by atoms with Gasteiger partial charge in [0.1, 0.15) is 5.78 Å². The van der Waals surface area contributed by atoms with Gasteiger partial charge < -0.3 is 10.6 Å². The van der Waals surface area contributed by atoms with Crippen molar-refractivity contribution in [2.24, 2.45) is 5.73 Å². The Morgan fingerprint density at radius 1 is 1.38 bits per heavy atom. The minimum absolute atomic E-state index is 0.167. The van der Waals surface area contributed by atoms with Crippen LogP contribution in [0.4, 0.5) is 4.79 Å². The van der Waals surface area contributed by atoms with E-state index in [-0.39, 0.29) is 5.78 Å². The summed E-state index contributed by atoms with van der Waals surface area (Å²) < 4.78 is 0. The molecule has 0 unspecified atom stereocenters. The van der Waals surface area contributed by atoms with Gasteiger partial charge in [-0.2, -0.15) is 0 Å². The third kappa shape index (κ3) is 7.98. The van der Waals surface area contributed by atoms with Crippen molar-refractivity contribution in [3.8, 4) is 0 Å². The molecular formula is C7H14N2O2S2. The van der Waals surface area contributed by atoms with E-state index in [0.717, 1.165) is 5.75 Å². The fraction of sp³-hybridized carbons (Fsp3) is 0.714. The Kier molecular flexibility index (Phi) is 6.89. The van der Waals surface area contributed by atoms with E-state index in [1.807, 2.05) is 0 Å². The first-order chi connectivity index (χ1) is 6.04. The van der Waals surface area contributed by atoms with Crippen LogP contribution >= 0.6 is 21.6 Å².